The molecule has 0 saturated heterocycles. The molecule has 0 aromatic heterocycles. The SMILES string of the molecule is CCC(C)CC(C(=O)O)(C(=O)OC)C1CCCC1. The summed E-state index contributed by atoms with van der Waals surface area (Å²) in [7, 11) is 1.28. The van der Waals surface area contributed by atoms with Crippen molar-refractivity contribution in [1.29, 1.82) is 0 Å². The van der Waals surface area contributed by atoms with E-state index in [0.717, 1.165) is 32.1 Å². The normalized spacial score (nSPS) is 21.3. The summed E-state index contributed by atoms with van der Waals surface area (Å²) < 4.78 is 4.82. The molecule has 1 fully saturated rings. The maximum Gasteiger partial charge on any atom is 0.323 e. The van der Waals surface area contributed by atoms with Gasteiger partial charge in [0.05, 0.1) is 7.11 Å². The van der Waals surface area contributed by atoms with Gasteiger partial charge in [0.1, 0.15) is 0 Å². The fraction of sp³-hybridized carbons (Fsp3) is 0.857. The number of aliphatic carboxylic acids is 1. The molecule has 0 heterocycles. The summed E-state index contributed by atoms with van der Waals surface area (Å²) in [6.07, 6.45) is 4.92. The molecule has 0 radical (unpaired) electrons. The number of carboxylic acid groups (broad SMARTS) is 1. The van der Waals surface area contributed by atoms with Gasteiger partial charge in [-0.15, -0.1) is 0 Å². The molecule has 1 aliphatic carbocycles. The Morgan fingerprint density at radius 2 is 1.94 bits per heavy atom. The van der Waals surface area contributed by atoms with Gasteiger partial charge in [-0.05, 0) is 31.1 Å². The lowest BCUT2D eigenvalue weighted by molar-refractivity contribution is -0.173. The summed E-state index contributed by atoms with van der Waals surface area (Å²) in [6, 6.07) is 0. The molecule has 1 N–H and O–H groups in total. The number of methoxy groups -OCH3 is 1. The molecule has 0 spiro atoms. The second-order valence-corrected chi connectivity index (χ2v) is 5.47. The molecule has 0 bridgehead atoms. The van der Waals surface area contributed by atoms with Crippen molar-refractivity contribution in [2.45, 2.75) is 52.4 Å². The minimum Gasteiger partial charge on any atom is -0.480 e. The third-order valence-electron chi connectivity index (χ3n) is 4.35. The van der Waals surface area contributed by atoms with Gasteiger partial charge in [-0.1, -0.05) is 33.1 Å². The first kappa shape index (κ1) is 15.0. The number of carbonyl (C=O) groups is 2. The van der Waals surface area contributed by atoms with Crippen molar-refractivity contribution in [3.63, 3.8) is 0 Å². The lowest BCUT2D eigenvalue weighted by atomic mass is 9.68. The van der Waals surface area contributed by atoms with Crippen LogP contribution >= 0.6 is 0 Å². The van der Waals surface area contributed by atoms with Crippen LogP contribution in [0.4, 0.5) is 0 Å². The quantitative estimate of drug-likeness (QED) is 0.586. The Morgan fingerprint density at radius 1 is 1.39 bits per heavy atom. The van der Waals surface area contributed by atoms with E-state index in [0.29, 0.717) is 6.42 Å². The number of hydrogen-bond acceptors (Lipinski definition) is 3. The van der Waals surface area contributed by atoms with Crippen molar-refractivity contribution in [2.75, 3.05) is 7.11 Å². The van der Waals surface area contributed by atoms with E-state index in [1.54, 1.807) is 0 Å². The summed E-state index contributed by atoms with van der Waals surface area (Å²) in [5.41, 5.74) is -1.33. The summed E-state index contributed by atoms with van der Waals surface area (Å²) in [6.45, 7) is 4.01. The first-order chi connectivity index (χ1) is 8.48. The molecule has 0 amide bonds. The largest absolute Gasteiger partial charge is 0.480 e. The fourth-order valence-corrected chi connectivity index (χ4v) is 3.06. The molecule has 4 heteroatoms. The average Bonchev–Trinajstić information content (AvgIpc) is 2.88. The van der Waals surface area contributed by atoms with E-state index in [1.165, 1.54) is 7.11 Å². The van der Waals surface area contributed by atoms with Crippen molar-refractivity contribution >= 4 is 11.9 Å². The number of esters is 1. The number of ether oxygens (including phenoxy) is 1. The van der Waals surface area contributed by atoms with E-state index >= 15 is 0 Å². The Hall–Kier alpha value is -1.06. The van der Waals surface area contributed by atoms with Crippen LogP contribution in [0.25, 0.3) is 0 Å². The summed E-state index contributed by atoms with van der Waals surface area (Å²) >= 11 is 0. The molecule has 2 unspecified atom stereocenters. The van der Waals surface area contributed by atoms with Crippen LogP contribution < -0.4 is 0 Å². The molecule has 0 aliphatic heterocycles. The molecule has 104 valence electrons. The lowest BCUT2D eigenvalue weighted by Gasteiger charge is -2.34. The van der Waals surface area contributed by atoms with Gasteiger partial charge in [0.15, 0.2) is 5.41 Å². The zero-order chi connectivity index (χ0) is 13.8. The van der Waals surface area contributed by atoms with Crippen LogP contribution in [0.2, 0.25) is 0 Å². The molecule has 1 saturated carbocycles. The molecule has 1 aliphatic rings. The van der Waals surface area contributed by atoms with Gasteiger partial charge in [0.2, 0.25) is 0 Å². The van der Waals surface area contributed by atoms with Crippen LogP contribution in [-0.4, -0.2) is 24.2 Å². The Balaban J connectivity index is 3.08. The second-order valence-electron chi connectivity index (χ2n) is 5.47. The molecule has 0 aromatic carbocycles. The Morgan fingerprint density at radius 3 is 2.33 bits per heavy atom. The summed E-state index contributed by atoms with van der Waals surface area (Å²) in [5.74, 6) is -1.44. The third-order valence-corrected chi connectivity index (χ3v) is 4.35. The van der Waals surface area contributed by atoms with Crippen molar-refractivity contribution in [2.24, 2.45) is 17.3 Å². The highest BCUT2D eigenvalue weighted by atomic mass is 16.5. The highest BCUT2D eigenvalue weighted by Crippen LogP contribution is 2.45. The van der Waals surface area contributed by atoms with Crippen molar-refractivity contribution in [3.8, 4) is 0 Å². The minimum absolute atomic E-state index is 0.0727. The molecule has 0 aromatic rings. The zero-order valence-corrected chi connectivity index (χ0v) is 11.6. The predicted molar refractivity (Wildman–Crippen MR) is 68.1 cm³/mol. The van der Waals surface area contributed by atoms with Crippen LogP contribution in [0.15, 0.2) is 0 Å². The molecule has 18 heavy (non-hydrogen) atoms. The van der Waals surface area contributed by atoms with Gasteiger partial charge in [-0.25, -0.2) is 0 Å². The first-order valence-electron chi connectivity index (χ1n) is 6.80. The minimum atomic E-state index is -1.33. The lowest BCUT2D eigenvalue weighted by Crippen LogP contribution is -2.47. The number of hydrogen-bond donors (Lipinski definition) is 1. The van der Waals surface area contributed by atoms with E-state index in [4.69, 9.17) is 4.74 Å². The Labute approximate surface area is 109 Å². The zero-order valence-electron chi connectivity index (χ0n) is 11.6. The van der Waals surface area contributed by atoms with E-state index in [9.17, 15) is 14.7 Å². The van der Waals surface area contributed by atoms with Gasteiger partial charge in [0.25, 0.3) is 0 Å². The maximum atomic E-state index is 12.1. The monoisotopic (exact) mass is 256 g/mol. The van der Waals surface area contributed by atoms with E-state index < -0.39 is 17.4 Å². The van der Waals surface area contributed by atoms with Crippen LogP contribution in [0.5, 0.6) is 0 Å². The molecule has 1 rings (SSSR count). The highest BCUT2D eigenvalue weighted by Gasteiger charge is 2.54. The van der Waals surface area contributed by atoms with Gasteiger partial charge < -0.3 is 9.84 Å². The van der Waals surface area contributed by atoms with Gasteiger partial charge >= 0.3 is 11.9 Å². The summed E-state index contributed by atoms with van der Waals surface area (Å²) in [5, 5.41) is 9.63. The molecule has 2 atom stereocenters. The Kier molecular flexibility index (Phi) is 5.17. The van der Waals surface area contributed by atoms with Gasteiger partial charge in [-0.3, -0.25) is 9.59 Å². The van der Waals surface area contributed by atoms with Gasteiger partial charge in [-0.2, -0.15) is 0 Å². The van der Waals surface area contributed by atoms with Crippen LogP contribution in [0.3, 0.4) is 0 Å². The van der Waals surface area contributed by atoms with Crippen LogP contribution in [0, 0.1) is 17.3 Å². The third kappa shape index (κ3) is 2.68. The number of rotatable bonds is 6. The Bertz CT molecular complexity index is 307. The van der Waals surface area contributed by atoms with Crippen molar-refractivity contribution in [3.05, 3.63) is 0 Å². The standard InChI is InChI=1S/C14H24O4/c1-4-10(2)9-14(12(15)16,13(17)18-3)11-7-5-6-8-11/h10-11H,4-9H2,1-3H3,(H,15,16). The van der Waals surface area contributed by atoms with Gasteiger partial charge in [0, 0.05) is 0 Å². The molecular weight excluding hydrogens is 232 g/mol. The topological polar surface area (TPSA) is 63.6 Å². The van der Waals surface area contributed by atoms with E-state index in [-0.39, 0.29) is 11.8 Å². The smallest absolute Gasteiger partial charge is 0.323 e. The van der Waals surface area contributed by atoms with Crippen LogP contribution in [-0.2, 0) is 14.3 Å². The summed E-state index contributed by atoms with van der Waals surface area (Å²) in [4.78, 5) is 23.9. The molecule has 4 nitrogen and oxygen atoms in total. The van der Waals surface area contributed by atoms with Crippen LogP contribution in [0.1, 0.15) is 52.4 Å². The van der Waals surface area contributed by atoms with Crippen molar-refractivity contribution < 1.29 is 19.4 Å². The predicted octanol–water partition coefficient (Wildman–Crippen LogP) is 2.86. The molecular formula is C14H24O4. The maximum absolute atomic E-state index is 12.1. The number of carboxylic acids is 1. The highest BCUT2D eigenvalue weighted by molar-refractivity contribution is 5.99. The number of carbonyl (C=O) groups excluding carboxylic acids is 1. The average molecular weight is 256 g/mol. The van der Waals surface area contributed by atoms with E-state index in [2.05, 4.69) is 0 Å². The fourth-order valence-electron chi connectivity index (χ4n) is 3.06. The van der Waals surface area contributed by atoms with E-state index in [1.807, 2.05) is 13.8 Å². The van der Waals surface area contributed by atoms with Crippen molar-refractivity contribution in [1.82, 2.24) is 0 Å². The first-order valence-corrected chi connectivity index (χ1v) is 6.80. The second kappa shape index (κ2) is 6.21.